The molecule has 0 radical (unpaired) electrons. The highest BCUT2D eigenvalue weighted by Crippen LogP contribution is 2.14. The molecule has 0 bridgehead atoms. The molecule has 0 saturated carbocycles. The van der Waals surface area contributed by atoms with Crippen LogP contribution in [0.4, 0.5) is 13.2 Å². The van der Waals surface area contributed by atoms with E-state index in [0.717, 1.165) is 19.5 Å². The Bertz CT molecular complexity index is 228. The van der Waals surface area contributed by atoms with E-state index in [1.807, 2.05) is 0 Å². The van der Waals surface area contributed by atoms with Crippen molar-refractivity contribution >= 4 is 0 Å². The maximum atomic E-state index is 11.9. The summed E-state index contributed by atoms with van der Waals surface area (Å²) in [6, 6.07) is 0.789. The van der Waals surface area contributed by atoms with Gasteiger partial charge in [-0.25, -0.2) is 0 Å². The molecule has 1 fully saturated rings. The molecule has 0 aromatic rings. The number of hydrogen-bond acceptors (Lipinski definition) is 3. The average molecular weight is 268 g/mol. The fourth-order valence-corrected chi connectivity index (χ4v) is 2.13. The number of nitrogens with zero attached hydrogens (tertiary/aromatic N) is 1. The predicted octanol–water partition coefficient (Wildman–Crippen LogP) is 2.03. The van der Waals surface area contributed by atoms with Crippen molar-refractivity contribution in [2.24, 2.45) is 0 Å². The lowest BCUT2D eigenvalue weighted by Gasteiger charge is -2.29. The van der Waals surface area contributed by atoms with Gasteiger partial charge in [0.05, 0.1) is 6.61 Å². The van der Waals surface area contributed by atoms with Gasteiger partial charge in [-0.15, -0.1) is 0 Å². The third-order valence-corrected chi connectivity index (χ3v) is 3.14. The summed E-state index contributed by atoms with van der Waals surface area (Å²) in [4.78, 5) is 2.17. The standard InChI is InChI=1S/C12H23F3N2O/c1-10(2)17(8-11-4-3-5-16-11)6-7-18-9-12(13,14)15/h10-11,16H,3-9H2,1-2H3. The van der Waals surface area contributed by atoms with E-state index in [4.69, 9.17) is 0 Å². The van der Waals surface area contributed by atoms with E-state index in [1.54, 1.807) is 0 Å². The predicted molar refractivity (Wildman–Crippen MR) is 64.6 cm³/mol. The molecule has 3 nitrogen and oxygen atoms in total. The molecule has 1 N–H and O–H groups in total. The summed E-state index contributed by atoms with van der Waals surface area (Å²) in [5.74, 6) is 0. The fourth-order valence-electron chi connectivity index (χ4n) is 2.13. The van der Waals surface area contributed by atoms with Crippen LogP contribution in [0, 0.1) is 0 Å². The number of nitrogens with one attached hydrogen (secondary N) is 1. The van der Waals surface area contributed by atoms with Crippen LogP contribution in [-0.4, -0.2) is 56.0 Å². The van der Waals surface area contributed by atoms with Crippen LogP contribution in [0.3, 0.4) is 0 Å². The first-order valence-electron chi connectivity index (χ1n) is 6.50. The molecule has 0 aromatic carbocycles. The SMILES string of the molecule is CC(C)N(CCOCC(F)(F)F)CC1CCCN1. The van der Waals surface area contributed by atoms with Crippen molar-refractivity contribution in [1.82, 2.24) is 10.2 Å². The summed E-state index contributed by atoms with van der Waals surface area (Å²) in [6.07, 6.45) is -1.90. The van der Waals surface area contributed by atoms with Gasteiger partial charge >= 0.3 is 6.18 Å². The van der Waals surface area contributed by atoms with E-state index in [0.29, 0.717) is 18.6 Å². The first-order chi connectivity index (χ1) is 8.38. The van der Waals surface area contributed by atoms with Crippen LogP contribution in [0.5, 0.6) is 0 Å². The molecule has 1 unspecified atom stereocenters. The Morgan fingerprint density at radius 2 is 2.11 bits per heavy atom. The van der Waals surface area contributed by atoms with Crippen LogP contribution in [-0.2, 0) is 4.74 Å². The van der Waals surface area contributed by atoms with Gasteiger partial charge in [-0.05, 0) is 33.2 Å². The topological polar surface area (TPSA) is 24.5 Å². The van der Waals surface area contributed by atoms with E-state index in [9.17, 15) is 13.2 Å². The van der Waals surface area contributed by atoms with Gasteiger partial charge in [0.1, 0.15) is 6.61 Å². The highest BCUT2D eigenvalue weighted by atomic mass is 19.4. The Balaban J connectivity index is 2.21. The van der Waals surface area contributed by atoms with Crippen molar-refractivity contribution in [2.75, 3.05) is 32.8 Å². The van der Waals surface area contributed by atoms with Crippen LogP contribution in [0.2, 0.25) is 0 Å². The zero-order chi connectivity index (χ0) is 13.6. The average Bonchev–Trinajstić information content (AvgIpc) is 2.73. The highest BCUT2D eigenvalue weighted by Gasteiger charge is 2.27. The molecule has 0 aromatic heterocycles. The molecule has 1 heterocycles. The van der Waals surface area contributed by atoms with Gasteiger partial charge in [-0.1, -0.05) is 0 Å². The van der Waals surface area contributed by atoms with Crippen molar-refractivity contribution in [3.05, 3.63) is 0 Å². The number of halogens is 3. The van der Waals surface area contributed by atoms with E-state index in [2.05, 4.69) is 28.8 Å². The quantitative estimate of drug-likeness (QED) is 0.715. The van der Waals surface area contributed by atoms with Crippen molar-refractivity contribution in [1.29, 1.82) is 0 Å². The summed E-state index contributed by atoms with van der Waals surface area (Å²) in [6.45, 7) is 5.56. The largest absolute Gasteiger partial charge is 0.411 e. The Kier molecular flexibility index (Phi) is 6.38. The maximum Gasteiger partial charge on any atom is 0.411 e. The van der Waals surface area contributed by atoms with E-state index in [-0.39, 0.29) is 6.61 Å². The summed E-state index contributed by atoms with van der Waals surface area (Å²) < 4.78 is 40.4. The third kappa shape index (κ3) is 6.56. The molecule has 1 atom stereocenters. The molecule has 1 aliphatic rings. The fraction of sp³-hybridized carbons (Fsp3) is 1.00. The number of ether oxygens (including phenoxy) is 1. The molecule has 0 amide bonds. The van der Waals surface area contributed by atoms with Gasteiger partial charge in [0, 0.05) is 25.2 Å². The smallest absolute Gasteiger partial charge is 0.371 e. The minimum atomic E-state index is -4.23. The minimum absolute atomic E-state index is 0.129. The first kappa shape index (κ1) is 15.7. The molecule has 18 heavy (non-hydrogen) atoms. The summed E-state index contributed by atoms with van der Waals surface area (Å²) in [5, 5.41) is 3.39. The summed E-state index contributed by atoms with van der Waals surface area (Å²) >= 11 is 0. The second-order valence-electron chi connectivity index (χ2n) is 5.05. The van der Waals surface area contributed by atoms with Crippen LogP contribution in [0.15, 0.2) is 0 Å². The van der Waals surface area contributed by atoms with Crippen LogP contribution < -0.4 is 5.32 Å². The molecule has 0 aliphatic carbocycles. The van der Waals surface area contributed by atoms with Gasteiger partial charge in [-0.2, -0.15) is 13.2 Å². The molecule has 1 aliphatic heterocycles. The van der Waals surface area contributed by atoms with E-state index in [1.165, 1.54) is 6.42 Å². The van der Waals surface area contributed by atoms with Gasteiger partial charge in [0.25, 0.3) is 0 Å². The molecule has 0 spiro atoms. The third-order valence-electron chi connectivity index (χ3n) is 3.14. The monoisotopic (exact) mass is 268 g/mol. The molecule has 1 rings (SSSR count). The lowest BCUT2D eigenvalue weighted by Crippen LogP contribution is -2.43. The molecular formula is C12H23F3N2O. The zero-order valence-electron chi connectivity index (χ0n) is 11.1. The van der Waals surface area contributed by atoms with Crippen LogP contribution in [0.1, 0.15) is 26.7 Å². The Morgan fingerprint density at radius 3 is 2.61 bits per heavy atom. The second kappa shape index (κ2) is 7.31. The van der Waals surface area contributed by atoms with Crippen molar-refractivity contribution in [2.45, 2.75) is 44.9 Å². The number of alkyl halides is 3. The van der Waals surface area contributed by atoms with E-state index >= 15 is 0 Å². The molecule has 108 valence electrons. The van der Waals surface area contributed by atoms with Gasteiger partial charge in [0.2, 0.25) is 0 Å². The van der Waals surface area contributed by atoms with Crippen LogP contribution in [0.25, 0.3) is 0 Å². The van der Waals surface area contributed by atoms with Crippen molar-refractivity contribution < 1.29 is 17.9 Å². The summed E-state index contributed by atoms with van der Waals surface area (Å²) in [7, 11) is 0. The number of rotatable bonds is 7. The number of hydrogen-bond donors (Lipinski definition) is 1. The van der Waals surface area contributed by atoms with E-state index < -0.39 is 12.8 Å². The second-order valence-corrected chi connectivity index (χ2v) is 5.05. The molecule has 1 saturated heterocycles. The maximum absolute atomic E-state index is 11.9. The Morgan fingerprint density at radius 1 is 1.39 bits per heavy atom. The van der Waals surface area contributed by atoms with Crippen molar-refractivity contribution in [3.63, 3.8) is 0 Å². The zero-order valence-corrected chi connectivity index (χ0v) is 11.1. The van der Waals surface area contributed by atoms with Crippen molar-refractivity contribution in [3.8, 4) is 0 Å². The van der Waals surface area contributed by atoms with Gasteiger partial charge in [0.15, 0.2) is 0 Å². The minimum Gasteiger partial charge on any atom is -0.371 e. The normalized spacial score (nSPS) is 21.2. The lowest BCUT2D eigenvalue weighted by atomic mass is 10.2. The molecule has 6 heteroatoms. The summed E-state index contributed by atoms with van der Waals surface area (Å²) in [5.41, 5.74) is 0. The van der Waals surface area contributed by atoms with Gasteiger partial charge in [-0.3, -0.25) is 4.90 Å². The van der Waals surface area contributed by atoms with Crippen LogP contribution >= 0.6 is 0 Å². The highest BCUT2D eigenvalue weighted by molar-refractivity contribution is 4.79. The molecular weight excluding hydrogens is 245 g/mol. The lowest BCUT2D eigenvalue weighted by molar-refractivity contribution is -0.174. The Hall–Kier alpha value is -0.330. The Labute approximate surface area is 107 Å². The first-order valence-corrected chi connectivity index (χ1v) is 6.50. The van der Waals surface area contributed by atoms with Gasteiger partial charge < -0.3 is 10.1 Å².